The van der Waals surface area contributed by atoms with Gasteiger partial charge in [-0.05, 0) is 28.6 Å². The Bertz CT molecular complexity index is 682. The molecule has 0 saturated carbocycles. The van der Waals surface area contributed by atoms with E-state index in [9.17, 15) is 19.8 Å². The maximum absolute atomic E-state index is 11.2. The van der Waals surface area contributed by atoms with E-state index in [1.165, 1.54) is 12.1 Å². The van der Waals surface area contributed by atoms with Gasteiger partial charge >= 0.3 is 11.9 Å². The van der Waals surface area contributed by atoms with Crippen molar-refractivity contribution in [2.75, 3.05) is 0 Å². The Morgan fingerprint density at radius 2 is 1.17 bits per heavy atom. The van der Waals surface area contributed by atoms with Crippen molar-refractivity contribution in [1.82, 2.24) is 0 Å². The Balaban J connectivity index is 2.55. The second kappa shape index (κ2) is 3.43. The highest BCUT2D eigenvalue weighted by Crippen LogP contribution is 2.35. The van der Waals surface area contributed by atoms with Crippen molar-refractivity contribution in [2.45, 2.75) is 0 Å². The number of carboxylic acids is 2. The molecule has 0 aromatic heterocycles. The Kier molecular flexibility index (Phi) is 2.01. The predicted molar refractivity (Wildman–Crippen MR) is 66.8 cm³/mol. The minimum atomic E-state index is -1.12. The molecule has 1 aliphatic carbocycles. The van der Waals surface area contributed by atoms with E-state index in [4.69, 9.17) is 0 Å². The van der Waals surface area contributed by atoms with Crippen LogP contribution in [-0.2, 0) is 0 Å². The minimum absolute atomic E-state index is 0.0247. The summed E-state index contributed by atoms with van der Waals surface area (Å²) >= 11 is 0. The number of hydrogen-bond donors (Lipinski definition) is 2. The Morgan fingerprint density at radius 3 is 1.56 bits per heavy atom. The van der Waals surface area contributed by atoms with Crippen molar-refractivity contribution in [2.24, 2.45) is 0 Å². The Hall–Kier alpha value is -2.62. The summed E-state index contributed by atoms with van der Waals surface area (Å²) in [5.41, 5.74) is 1.76. The van der Waals surface area contributed by atoms with E-state index in [1.54, 1.807) is 12.1 Å². The molecule has 0 atom stereocenters. The first-order valence-corrected chi connectivity index (χ1v) is 5.34. The average Bonchev–Trinajstić information content (AvgIpc) is 2.74. The fourth-order valence-electron chi connectivity index (χ4n) is 2.36. The van der Waals surface area contributed by atoms with Crippen LogP contribution in [-0.4, -0.2) is 22.2 Å². The topological polar surface area (TPSA) is 74.6 Å². The van der Waals surface area contributed by atoms with Gasteiger partial charge in [0.1, 0.15) is 0 Å². The molecule has 0 aliphatic heterocycles. The molecule has 2 aromatic carbocycles. The highest BCUT2D eigenvalue weighted by atomic mass is 16.4. The van der Waals surface area contributed by atoms with Gasteiger partial charge in [0.15, 0.2) is 0 Å². The third-order valence-electron chi connectivity index (χ3n) is 3.13. The molecule has 0 bridgehead atoms. The molecule has 0 fully saturated rings. The van der Waals surface area contributed by atoms with Crippen LogP contribution >= 0.6 is 0 Å². The van der Waals surface area contributed by atoms with Gasteiger partial charge < -0.3 is 10.2 Å². The standard InChI is InChI=1S/C14H8O4/c15-13(16)9-5-3-7-1-2-8-4-6-10(14(17)18)12(9)11(7)8/h1-6H,(H,15,16)(H,17,18). The summed E-state index contributed by atoms with van der Waals surface area (Å²) in [5.74, 6) is -2.23. The summed E-state index contributed by atoms with van der Waals surface area (Å²) in [4.78, 5) is 22.4. The van der Waals surface area contributed by atoms with Crippen LogP contribution in [0.5, 0.6) is 0 Å². The molecule has 88 valence electrons. The number of carbonyl (C=O) groups is 2. The van der Waals surface area contributed by atoms with Crippen molar-refractivity contribution >= 4 is 34.9 Å². The molecule has 0 amide bonds. The molecule has 2 N–H and O–H groups in total. The third kappa shape index (κ3) is 1.26. The summed E-state index contributed by atoms with van der Waals surface area (Å²) in [6.45, 7) is 0. The van der Waals surface area contributed by atoms with E-state index in [0.29, 0.717) is 10.8 Å². The summed E-state index contributed by atoms with van der Waals surface area (Å²) in [7, 11) is 0. The van der Waals surface area contributed by atoms with Crippen molar-refractivity contribution in [3.8, 4) is 0 Å². The van der Waals surface area contributed by atoms with Gasteiger partial charge in [-0.15, -0.1) is 0 Å². The molecule has 18 heavy (non-hydrogen) atoms. The molecule has 0 radical (unpaired) electrons. The molecule has 0 saturated heterocycles. The zero-order valence-corrected chi connectivity index (χ0v) is 9.18. The molecule has 1 aliphatic rings. The number of rotatable bonds is 2. The highest BCUT2D eigenvalue weighted by Gasteiger charge is 2.21. The monoisotopic (exact) mass is 240 g/mol. The normalized spacial score (nSPS) is 12.0. The van der Waals surface area contributed by atoms with Crippen LogP contribution in [0.25, 0.3) is 22.9 Å². The van der Waals surface area contributed by atoms with E-state index < -0.39 is 11.9 Å². The number of hydrogen-bond acceptors (Lipinski definition) is 2. The molecule has 0 unspecified atom stereocenters. The third-order valence-corrected chi connectivity index (χ3v) is 3.13. The van der Waals surface area contributed by atoms with Gasteiger partial charge in [0.25, 0.3) is 0 Å². The number of aromatic carboxylic acids is 2. The zero-order chi connectivity index (χ0) is 12.9. The first-order chi connectivity index (χ1) is 8.59. The van der Waals surface area contributed by atoms with Crippen molar-refractivity contribution < 1.29 is 19.8 Å². The fourth-order valence-corrected chi connectivity index (χ4v) is 2.36. The van der Waals surface area contributed by atoms with E-state index in [1.807, 2.05) is 12.2 Å². The van der Waals surface area contributed by atoms with Gasteiger partial charge in [-0.2, -0.15) is 0 Å². The maximum Gasteiger partial charge on any atom is 0.336 e. The molecular weight excluding hydrogens is 232 g/mol. The summed E-state index contributed by atoms with van der Waals surface area (Å²) in [6.07, 6.45) is 3.71. The Labute approximate surface area is 102 Å². The molecule has 0 heterocycles. The first-order valence-electron chi connectivity index (χ1n) is 5.34. The molecule has 0 spiro atoms. The number of carboxylic acid groups (broad SMARTS) is 2. The van der Waals surface area contributed by atoms with E-state index >= 15 is 0 Å². The van der Waals surface area contributed by atoms with Gasteiger partial charge in [0.2, 0.25) is 0 Å². The summed E-state index contributed by atoms with van der Waals surface area (Å²) in [5, 5.41) is 19.4. The molecule has 3 rings (SSSR count). The highest BCUT2D eigenvalue weighted by molar-refractivity contribution is 6.18. The van der Waals surface area contributed by atoms with E-state index in [0.717, 1.165) is 11.1 Å². The minimum Gasteiger partial charge on any atom is -0.478 e. The van der Waals surface area contributed by atoms with Gasteiger partial charge in [-0.3, -0.25) is 0 Å². The van der Waals surface area contributed by atoms with Gasteiger partial charge in [0, 0.05) is 5.39 Å². The van der Waals surface area contributed by atoms with Crippen LogP contribution in [0.3, 0.4) is 0 Å². The van der Waals surface area contributed by atoms with Crippen LogP contribution in [0.2, 0.25) is 0 Å². The van der Waals surface area contributed by atoms with E-state index in [-0.39, 0.29) is 11.1 Å². The SMILES string of the molecule is O=C(O)c1ccc2c3c(ccc(C(=O)O)c13)C=C2. The van der Waals surface area contributed by atoms with Gasteiger partial charge in [-0.25, -0.2) is 9.59 Å². The molecule has 4 heteroatoms. The van der Waals surface area contributed by atoms with Gasteiger partial charge in [0.05, 0.1) is 11.1 Å². The molecule has 2 aromatic rings. The fraction of sp³-hybridized carbons (Fsp3) is 0. The lowest BCUT2D eigenvalue weighted by Crippen LogP contribution is -2.04. The van der Waals surface area contributed by atoms with Crippen LogP contribution in [0.15, 0.2) is 24.3 Å². The number of benzene rings is 2. The largest absolute Gasteiger partial charge is 0.478 e. The quantitative estimate of drug-likeness (QED) is 0.722. The summed E-state index contributed by atoms with van der Waals surface area (Å²) in [6, 6.07) is 6.30. The average molecular weight is 240 g/mol. The smallest absolute Gasteiger partial charge is 0.336 e. The van der Waals surface area contributed by atoms with Crippen LogP contribution < -0.4 is 0 Å². The zero-order valence-electron chi connectivity index (χ0n) is 9.18. The maximum atomic E-state index is 11.2. The molecule has 4 nitrogen and oxygen atoms in total. The van der Waals surface area contributed by atoms with E-state index in [2.05, 4.69) is 0 Å². The van der Waals surface area contributed by atoms with Crippen LogP contribution in [0.4, 0.5) is 0 Å². The molecular formula is C14H8O4. The van der Waals surface area contributed by atoms with Crippen molar-refractivity contribution in [3.63, 3.8) is 0 Å². The second-order valence-corrected chi connectivity index (χ2v) is 4.10. The van der Waals surface area contributed by atoms with Crippen molar-refractivity contribution in [1.29, 1.82) is 0 Å². The first kappa shape index (κ1) is 10.5. The van der Waals surface area contributed by atoms with Gasteiger partial charge in [-0.1, -0.05) is 24.3 Å². The second-order valence-electron chi connectivity index (χ2n) is 4.10. The van der Waals surface area contributed by atoms with Crippen molar-refractivity contribution in [3.05, 3.63) is 46.5 Å². The lowest BCUT2D eigenvalue weighted by Gasteiger charge is -2.09. The summed E-state index contributed by atoms with van der Waals surface area (Å²) < 4.78 is 0. The van der Waals surface area contributed by atoms with Crippen LogP contribution in [0, 0.1) is 0 Å². The lowest BCUT2D eigenvalue weighted by molar-refractivity contribution is 0.0695. The van der Waals surface area contributed by atoms with Crippen LogP contribution in [0.1, 0.15) is 31.8 Å². The Morgan fingerprint density at radius 1 is 0.722 bits per heavy atom. The lowest BCUT2D eigenvalue weighted by atomic mass is 9.95. The predicted octanol–water partition coefficient (Wildman–Crippen LogP) is 2.72.